The lowest BCUT2D eigenvalue weighted by Crippen LogP contribution is -2.45. The molecule has 1 aromatic heterocycles. The zero-order valence-electron chi connectivity index (χ0n) is 14.2. The maximum Gasteiger partial charge on any atom is 0.231 e. The number of hydrogen-bond acceptors (Lipinski definition) is 4. The van der Waals surface area contributed by atoms with E-state index in [-0.39, 0.29) is 23.8 Å². The number of nitrogens with two attached hydrogens (primary N) is 1. The highest BCUT2D eigenvalue weighted by Crippen LogP contribution is 2.33. The van der Waals surface area contributed by atoms with Crippen LogP contribution in [-0.2, 0) is 9.59 Å². The van der Waals surface area contributed by atoms with Crippen molar-refractivity contribution >= 4 is 11.8 Å². The van der Waals surface area contributed by atoms with Crippen LogP contribution in [0.1, 0.15) is 50.3 Å². The minimum Gasteiger partial charge on any atom is -0.467 e. The summed E-state index contributed by atoms with van der Waals surface area (Å²) in [5.74, 6) is 0.892. The number of rotatable bonds is 4. The van der Waals surface area contributed by atoms with E-state index in [9.17, 15) is 9.59 Å². The summed E-state index contributed by atoms with van der Waals surface area (Å²) in [7, 11) is 0. The molecule has 0 aliphatic carbocycles. The van der Waals surface area contributed by atoms with Gasteiger partial charge in [0.25, 0.3) is 0 Å². The highest BCUT2D eigenvalue weighted by molar-refractivity contribution is 5.79. The van der Waals surface area contributed by atoms with E-state index in [0.717, 1.165) is 63.9 Å². The number of carbonyl (C=O) groups is 2. The van der Waals surface area contributed by atoms with Crippen LogP contribution in [0.4, 0.5) is 0 Å². The predicted octanol–water partition coefficient (Wildman–Crippen LogP) is 1.92. The Morgan fingerprint density at radius 1 is 1.12 bits per heavy atom. The fraction of sp³-hybridized carbons (Fsp3) is 0.667. The minimum atomic E-state index is -0.301. The van der Waals surface area contributed by atoms with E-state index in [1.807, 2.05) is 21.9 Å². The van der Waals surface area contributed by atoms with Gasteiger partial charge in [-0.2, -0.15) is 0 Å². The van der Waals surface area contributed by atoms with Gasteiger partial charge < -0.3 is 15.1 Å². The lowest BCUT2D eigenvalue weighted by atomic mass is 9.94. The van der Waals surface area contributed by atoms with Crippen molar-refractivity contribution in [3.05, 3.63) is 24.2 Å². The molecule has 3 heterocycles. The summed E-state index contributed by atoms with van der Waals surface area (Å²) in [4.78, 5) is 28.2. The Bertz CT molecular complexity index is 550. The lowest BCUT2D eigenvalue weighted by molar-refractivity contribution is -0.140. The van der Waals surface area contributed by atoms with Crippen LogP contribution >= 0.6 is 0 Å². The van der Waals surface area contributed by atoms with E-state index in [1.54, 1.807) is 6.26 Å². The molecule has 0 spiro atoms. The summed E-state index contributed by atoms with van der Waals surface area (Å²) in [6.45, 7) is 2.63. The highest BCUT2D eigenvalue weighted by atomic mass is 16.3. The van der Waals surface area contributed by atoms with Crippen LogP contribution in [0.3, 0.4) is 0 Å². The van der Waals surface area contributed by atoms with Gasteiger partial charge in [-0.1, -0.05) is 12.8 Å². The first kappa shape index (κ1) is 17.0. The first-order valence-corrected chi connectivity index (χ1v) is 8.99. The molecular weight excluding hydrogens is 306 g/mol. The highest BCUT2D eigenvalue weighted by Gasteiger charge is 2.34. The molecule has 0 unspecified atom stereocenters. The first-order valence-electron chi connectivity index (χ1n) is 8.99. The van der Waals surface area contributed by atoms with Crippen LogP contribution in [0.2, 0.25) is 0 Å². The van der Waals surface area contributed by atoms with E-state index in [4.69, 9.17) is 10.2 Å². The number of carbonyl (C=O) groups excluding carboxylic acids is 2. The normalized spacial score (nSPS) is 23.8. The third kappa shape index (κ3) is 3.98. The Hall–Kier alpha value is -1.82. The van der Waals surface area contributed by atoms with Crippen molar-refractivity contribution in [3.8, 4) is 0 Å². The summed E-state index contributed by atoms with van der Waals surface area (Å²) in [5.41, 5.74) is 5.26. The molecular formula is C18H27N3O3. The van der Waals surface area contributed by atoms with Crippen molar-refractivity contribution in [1.82, 2.24) is 9.80 Å². The van der Waals surface area contributed by atoms with Gasteiger partial charge in [0, 0.05) is 12.5 Å². The summed E-state index contributed by atoms with van der Waals surface area (Å²) < 4.78 is 5.60. The standard InChI is InChI=1S/C18H27N3O3/c19-17(22)13-20-10-7-14(8-11-20)18(23)21-9-3-1-2-5-15(21)16-6-4-12-24-16/h4,6,12,14-15H,1-3,5,7-11,13H2,(H2,19,22)/t15-/m1/s1. The Kier molecular flexibility index (Phi) is 5.56. The van der Waals surface area contributed by atoms with Crippen LogP contribution in [0.15, 0.2) is 22.8 Å². The van der Waals surface area contributed by atoms with E-state index in [0.29, 0.717) is 6.54 Å². The van der Waals surface area contributed by atoms with E-state index < -0.39 is 0 Å². The predicted molar refractivity (Wildman–Crippen MR) is 90.0 cm³/mol. The number of hydrogen-bond donors (Lipinski definition) is 1. The van der Waals surface area contributed by atoms with Crippen molar-refractivity contribution in [3.63, 3.8) is 0 Å². The Balaban J connectivity index is 1.65. The van der Waals surface area contributed by atoms with Gasteiger partial charge in [0.15, 0.2) is 0 Å². The SMILES string of the molecule is NC(=O)CN1CCC(C(=O)N2CCCCC[C@@H]2c2ccco2)CC1. The van der Waals surface area contributed by atoms with E-state index in [2.05, 4.69) is 0 Å². The Labute approximate surface area is 143 Å². The second-order valence-electron chi connectivity index (χ2n) is 6.93. The number of furan rings is 1. The monoisotopic (exact) mass is 333 g/mol. The van der Waals surface area contributed by atoms with Crippen LogP contribution in [0.5, 0.6) is 0 Å². The zero-order chi connectivity index (χ0) is 16.9. The molecule has 0 aromatic carbocycles. The number of likely N-dealkylation sites (tertiary alicyclic amines) is 2. The van der Waals surface area contributed by atoms with Crippen molar-refractivity contribution in [1.29, 1.82) is 0 Å². The fourth-order valence-electron chi connectivity index (χ4n) is 3.94. The molecule has 2 saturated heterocycles. The summed E-state index contributed by atoms with van der Waals surface area (Å²) in [5, 5.41) is 0. The maximum atomic E-state index is 13.1. The molecule has 2 amide bonds. The summed E-state index contributed by atoms with van der Waals surface area (Å²) in [6.07, 6.45) is 7.61. The Morgan fingerprint density at radius 2 is 1.92 bits per heavy atom. The van der Waals surface area contributed by atoms with Gasteiger partial charge in [-0.25, -0.2) is 0 Å². The van der Waals surface area contributed by atoms with Crippen LogP contribution in [0.25, 0.3) is 0 Å². The second kappa shape index (κ2) is 7.83. The summed E-state index contributed by atoms with van der Waals surface area (Å²) in [6, 6.07) is 3.94. The van der Waals surface area contributed by atoms with Gasteiger partial charge >= 0.3 is 0 Å². The molecule has 2 aliphatic rings. The van der Waals surface area contributed by atoms with Gasteiger partial charge in [0.2, 0.25) is 11.8 Å². The van der Waals surface area contributed by atoms with Crippen molar-refractivity contribution < 1.29 is 14.0 Å². The minimum absolute atomic E-state index is 0.0460. The first-order chi connectivity index (χ1) is 11.6. The maximum absolute atomic E-state index is 13.1. The van der Waals surface area contributed by atoms with Gasteiger partial charge in [0.1, 0.15) is 5.76 Å². The zero-order valence-corrected chi connectivity index (χ0v) is 14.2. The molecule has 2 N–H and O–H groups in total. The molecule has 2 aliphatic heterocycles. The average Bonchev–Trinajstić information content (AvgIpc) is 2.99. The lowest BCUT2D eigenvalue weighted by Gasteiger charge is -2.36. The molecule has 6 nitrogen and oxygen atoms in total. The average molecular weight is 333 g/mol. The molecule has 0 radical (unpaired) electrons. The number of primary amides is 1. The number of amides is 2. The quantitative estimate of drug-likeness (QED) is 0.913. The summed E-state index contributed by atoms with van der Waals surface area (Å²) >= 11 is 0. The van der Waals surface area contributed by atoms with Crippen LogP contribution in [0, 0.1) is 5.92 Å². The van der Waals surface area contributed by atoms with Gasteiger partial charge in [0.05, 0.1) is 18.8 Å². The number of nitrogens with zero attached hydrogens (tertiary/aromatic N) is 2. The fourth-order valence-corrected chi connectivity index (χ4v) is 3.94. The molecule has 3 rings (SSSR count). The second-order valence-corrected chi connectivity index (χ2v) is 6.93. The van der Waals surface area contributed by atoms with Crippen molar-refractivity contribution in [2.45, 2.75) is 44.6 Å². The Morgan fingerprint density at radius 3 is 2.58 bits per heavy atom. The molecule has 1 atom stereocenters. The third-order valence-electron chi connectivity index (χ3n) is 5.22. The smallest absolute Gasteiger partial charge is 0.231 e. The number of piperidine rings is 1. The van der Waals surface area contributed by atoms with Gasteiger partial charge in [-0.05, 0) is 50.9 Å². The van der Waals surface area contributed by atoms with Crippen LogP contribution < -0.4 is 5.73 Å². The van der Waals surface area contributed by atoms with E-state index >= 15 is 0 Å². The molecule has 0 saturated carbocycles. The van der Waals surface area contributed by atoms with Gasteiger partial charge in [-0.15, -0.1) is 0 Å². The van der Waals surface area contributed by atoms with E-state index in [1.165, 1.54) is 0 Å². The molecule has 132 valence electrons. The molecule has 6 heteroatoms. The largest absolute Gasteiger partial charge is 0.467 e. The van der Waals surface area contributed by atoms with Crippen molar-refractivity contribution in [2.24, 2.45) is 11.7 Å². The molecule has 24 heavy (non-hydrogen) atoms. The molecule has 1 aromatic rings. The molecule has 0 bridgehead atoms. The van der Waals surface area contributed by atoms with Crippen LogP contribution in [-0.4, -0.2) is 47.8 Å². The topological polar surface area (TPSA) is 79.8 Å². The van der Waals surface area contributed by atoms with Crippen molar-refractivity contribution in [2.75, 3.05) is 26.2 Å². The third-order valence-corrected chi connectivity index (χ3v) is 5.22. The molecule has 2 fully saturated rings. The van der Waals surface area contributed by atoms with Gasteiger partial charge in [-0.3, -0.25) is 14.5 Å².